The molecule has 2 N–H and O–H groups in total. The van der Waals surface area contributed by atoms with Crippen molar-refractivity contribution in [2.24, 2.45) is 0 Å². The third-order valence-corrected chi connectivity index (χ3v) is 5.19. The molecule has 1 aliphatic rings. The Morgan fingerprint density at radius 3 is 2.74 bits per heavy atom. The molecule has 0 saturated carbocycles. The van der Waals surface area contributed by atoms with E-state index in [1.807, 2.05) is 19.1 Å². The molecule has 142 valence electrons. The molecule has 0 fully saturated rings. The normalized spacial score (nSPS) is 15.0. The van der Waals surface area contributed by atoms with E-state index in [0.717, 1.165) is 11.5 Å². The van der Waals surface area contributed by atoms with Gasteiger partial charge in [-0.3, -0.25) is 9.59 Å². The number of carbonyl (C=O) groups excluding carboxylic acids is 2. The van der Waals surface area contributed by atoms with Crippen molar-refractivity contribution in [1.82, 2.24) is 5.32 Å². The quantitative estimate of drug-likeness (QED) is 0.793. The van der Waals surface area contributed by atoms with Crippen LogP contribution in [0.25, 0.3) is 0 Å². The Hall–Kier alpha value is -2.67. The number of benzene rings is 1. The maximum Gasteiger partial charge on any atom is 0.265 e. The van der Waals surface area contributed by atoms with Crippen molar-refractivity contribution in [2.45, 2.75) is 26.3 Å². The van der Waals surface area contributed by atoms with Crippen LogP contribution in [0.5, 0.6) is 0 Å². The highest BCUT2D eigenvalue weighted by Gasteiger charge is 2.21. The second-order valence-electron chi connectivity index (χ2n) is 6.24. The van der Waals surface area contributed by atoms with E-state index < -0.39 is 0 Å². The molecule has 1 aromatic carbocycles. The minimum atomic E-state index is -0.263. The molecule has 2 amide bonds. The molecule has 0 aliphatic carbocycles. The lowest BCUT2D eigenvalue weighted by molar-refractivity contribution is -0.112. The predicted octanol–water partition coefficient (Wildman–Crippen LogP) is 3.57. The summed E-state index contributed by atoms with van der Waals surface area (Å²) in [5.74, 6) is 1.63. The fourth-order valence-corrected chi connectivity index (χ4v) is 3.60. The first kappa shape index (κ1) is 19.1. The van der Waals surface area contributed by atoms with Crippen LogP contribution in [0.2, 0.25) is 0 Å². The molecule has 0 bridgehead atoms. The second-order valence-corrected chi connectivity index (χ2v) is 7.35. The van der Waals surface area contributed by atoms with E-state index in [1.54, 1.807) is 37.5 Å². The third-order valence-electron chi connectivity index (χ3n) is 4.06. The first-order chi connectivity index (χ1) is 13.0. The minimum absolute atomic E-state index is 0.111. The van der Waals surface area contributed by atoms with Crippen LogP contribution in [-0.2, 0) is 16.0 Å². The summed E-state index contributed by atoms with van der Waals surface area (Å²) < 4.78 is 10.8. The second kappa shape index (κ2) is 8.81. The molecule has 0 saturated heterocycles. The largest absolute Gasteiger partial charge is 0.496 e. The number of para-hydroxylation sites is 1. The molecule has 1 atom stereocenters. The van der Waals surface area contributed by atoms with Crippen molar-refractivity contribution < 1.29 is 18.7 Å². The van der Waals surface area contributed by atoms with E-state index in [1.165, 1.54) is 11.8 Å². The Kier molecular flexibility index (Phi) is 6.24. The number of carbonyl (C=O) groups is 2. The molecule has 2 heterocycles. The van der Waals surface area contributed by atoms with Gasteiger partial charge in [-0.2, -0.15) is 0 Å². The Labute approximate surface area is 162 Å². The Balaban J connectivity index is 1.69. The van der Waals surface area contributed by atoms with Gasteiger partial charge < -0.3 is 19.8 Å². The average molecular weight is 386 g/mol. The van der Waals surface area contributed by atoms with Gasteiger partial charge in [-0.1, -0.05) is 12.1 Å². The lowest BCUT2D eigenvalue weighted by Gasteiger charge is -2.19. The lowest BCUT2D eigenvalue weighted by Crippen LogP contribution is -2.34. The molecule has 1 aliphatic heterocycles. The Morgan fingerprint density at radius 1 is 1.19 bits per heavy atom. The first-order valence-corrected chi connectivity index (χ1v) is 9.73. The van der Waals surface area contributed by atoms with Gasteiger partial charge >= 0.3 is 0 Å². The van der Waals surface area contributed by atoms with Gasteiger partial charge in [0.1, 0.15) is 16.4 Å². The molecule has 0 spiro atoms. The number of rotatable bonds is 6. The standard InChI is InChI=1S/C20H22N2O4S/c1-13(12-15-6-5-9-26-15)21-19(23)16-7-3-4-8-17(16)22-20(24)18-14(2)25-10-11-27-18/h3-9,13H,10-12H2,1-2H3,(H,21,23)(H,22,24). The lowest BCUT2D eigenvalue weighted by atomic mass is 10.1. The van der Waals surface area contributed by atoms with Crippen LogP contribution in [0.3, 0.4) is 0 Å². The summed E-state index contributed by atoms with van der Waals surface area (Å²) >= 11 is 1.46. The van der Waals surface area contributed by atoms with Gasteiger partial charge in [0, 0.05) is 18.2 Å². The highest BCUT2D eigenvalue weighted by atomic mass is 32.2. The number of anilines is 1. The predicted molar refractivity (Wildman–Crippen MR) is 106 cm³/mol. The Bertz CT molecular complexity index is 845. The summed E-state index contributed by atoms with van der Waals surface area (Å²) in [6.07, 6.45) is 2.20. The van der Waals surface area contributed by atoms with Crippen molar-refractivity contribution in [2.75, 3.05) is 17.7 Å². The van der Waals surface area contributed by atoms with Crippen molar-refractivity contribution in [1.29, 1.82) is 0 Å². The van der Waals surface area contributed by atoms with Crippen LogP contribution >= 0.6 is 11.8 Å². The molecule has 1 unspecified atom stereocenters. The number of nitrogens with one attached hydrogen (secondary N) is 2. The summed E-state index contributed by atoms with van der Waals surface area (Å²) in [6, 6.07) is 10.5. The van der Waals surface area contributed by atoms with Gasteiger partial charge in [-0.25, -0.2) is 0 Å². The zero-order valence-corrected chi connectivity index (χ0v) is 16.1. The highest BCUT2D eigenvalue weighted by Crippen LogP contribution is 2.27. The summed E-state index contributed by atoms with van der Waals surface area (Å²) in [6.45, 7) is 4.28. The van der Waals surface area contributed by atoms with Crippen LogP contribution in [0.15, 0.2) is 57.7 Å². The number of hydrogen-bond acceptors (Lipinski definition) is 5. The summed E-state index contributed by atoms with van der Waals surface area (Å²) in [5.41, 5.74) is 0.883. The zero-order valence-electron chi connectivity index (χ0n) is 15.3. The Morgan fingerprint density at radius 2 is 2.00 bits per heavy atom. The van der Waals surface area contributed by atoms with Gasteiger partial charge in [0.25, 0.3) is 11.8 Å². The summed E-state index contributed by atoms with van der Waals surface area (Å²) in [7, 11) is 0. The summed E-state index contributed by atoms with van der Waals surface area (Å²) in [4.78, 5) is 25.8. The smallest absolute Gasteiger partial charge is 0.265 e. The fourth-order valence-electron chi connectivity index (χ4n) is 2.78. The average Bonchev–Trinajstić information content (AvgIpc) is 3.15. The van der Waals surface area contributed by atoms with E-state index in [0.29, 0.717) is 34.9 Å². The molecule has 2 aromatic rings. The van der Waals surface area contributed by atoms with Gasteiger partial charge in [0.05, 0.1) is 24.1 Å². The molecule has 27 heavy (non-hydrogen) atoms. The van der Waals surface area contributed by atoms with Gasteiger partial charge in [-0.05, 0) is 38.1 Å². The van der Waals surface area contributed by atoms with Gasteiger partial charge in [-0.15, -0.1) is 11.8 Å². The van der Waals surface area contributed by atoms with Crippen LogP contribution in [0, 0.1) is 0 Å². The maximum absolute atomic E-state index is 12.7. The number of amides is 2. The maximum atomic E-state index is 12.7. The first-order valence-electron chi connectivity index (χ1n) is 8.74. The van der Waals surface area contributed by atoms with E-state index in [-0.39, 0.29) is 17.9 Å². The van der Waals surface area contributed by atoms with E-state index >= 15 is 0 Å². The SMILES string of the molecule is CC1=C(C(=O)Nc2ccccc2C(=O)NC(C)Cc2ccco2)SCCO1. The third kappa shape index (κ3) is 4.95. The number of ether oxygens (including phenoxy) is 1. The molecule has 1 aromatic heterocycles. The molecule has 7 heteroatoms. The number of allylic oxidation sites excluding steroid dienone is 1. The van der Waals surface area contributed by atoms with Crippen molar-refractivity contribution in [3.63, 3.8) is 0 Å². The molecular weight excluding hydrogens is 364 g/mol. The molecular formula is C20H22N2O4S. The molecule has 0 radical (unpaired) electrons. The minimum Gasteiger partial charge on any atom is -0.496 e. The van der Waals surface area contributed by atoms with E-state index in [2.05, 4.69) is 10.6 Å². The van der Waals surface area contributed by atoms with Crippen LogP contribution < -0.4 is 10.6 Å². The molecule has 3 rings (SSSR count). The van der Waals surface area contributed by atoms with E-state index in [9.17, 15) is 9.59 Å². The topological polar surface area (TPSA) is 80.6 Å². The van der Waals surface area contributed by atoms with Gasteiger partial charge in [0.2, 0.25) is 0 Å². The monoisotopic (exact) mass is 386 g/mol. The zero-order chi connectivity index (χ0) is 19.2. The number of furan rings is 1. The van der Waals surface area contributed by atoms with Gasteiger partial charge in [0.15, 0.2) is 0 Å². The van der Waals surface area contributed by atoms with Crippen molar-refractivity contribution in [3.05, 3.63) is 64.6 Å². The van der Waals surface area contributed by atoms with Crippen molar-refractivity contribution >= 4 is 29.3 Å². The highest BCUT2D eigenvalue weighted by molar-refractivity contribution is 8.04. The fraction of sp³-hybridized carbons (Fsp3) is 0.300. The number of thioether (sulfide) groups is 1. The number of hydrogen-bond donors (Lipinski definition) is 2. The van der Waals surface area contributed by atoms with Crippen molar-refractivity contribution in [3.8, 4) is 0 Å². The van der Waals surface area contributed by atoms with Crippen LogP contribution in [0.1, 0.15) is 30.0 Å². The van der Waals surface area contributed by atoms with Crippen LogP contribution in [-0.4, -0.2) is 30.2 Å². The summed E-state index contributed by atoms with van der Waals surface area (Å²) in [5, 5.41) is 5.78. The van der Waals surface area contributed by atoms with Crippen LogP contribution in [0.4, 0.5) is 5.69 Å². The molecule has 6 nitrogen and oxygen atoms in total. The van der Waals surface area contributed by atoms with E-state index in [4.69, 9.17) is 9.15 Å².